The Hall–Kier alpha value is -0.990. The molecule has 0 amide bonds. The van der Waals surface area contributed by atoms with Crippen molar-refractivity contribution in [3.63, 3.8) is 0 Å². The number of benzene rings is 1. The van der Waals surface area contributed by atoms with Gasteiger partial charge in [-0.1, -0.05) is 35.3 Å². The van der Waals surface area contributed by atoms with Crippen molar-refractivity contribution in [2.45, 2.75) is 20.4 Å². The molecule has 0 aliphatic heterocycles. The van der Waals surface area contributed by atoms with Crippen molar-refractivity contribution in [2.75, 3.05) is 0 Å². The zero-order valence-corrected chi connectivity index (χ0v) is 10.7. The average molecular weight is 255 g/mol. The van der Waals surface area contributed by atoms with Crippen LogP contribution in [0.4, 0.5) is 0 Å². The van der Waals surface area contributed by atoms with E-state index < -0.39 is 0 Å². The Labute approximate surface area is 105 Å². The standard InChI is InChI=1S/C12H12Cl2N2/c1-8-6-9(2)16(15-8)7-10-4-3-5-11(13)12(10)14/h3-6H,7H2,1-2H3. The van der Waals surface area contributed by atoms with E-state index >= 15 is 0 Å². The van der Waals surface area contributed by atoms with Crippen LogP contribution in [0, 0.1) is 13.8 Å². The van der Waals surface area contributed by atoms with E-state index in [0.29, 0.717) is 16.6 Å². The average Bonchev–Trinajstić information content (AvgIpc) is 2.53. The molecule has 0 saturated heterocycles. The summed E-state index contributed by atoms with van der Waals surface area (Å²) >= 11 is 12.1. The molecule has 0 bridgehead atoms. The zero-order valence-electron chi connectivity index (χ0n) is 9.17. The number of aromatic nitrogens is 2. The molecule has 0 aliphatic rings. The quantitative estimate of drug-likeness (QED) is 0.796. The number of hydrogen-bond donors (Lipinski definition) is 0. The fourth-order valence-electron chi connectivity index (χ4n) is 1.67. The van der Waals surface area contributed by atoms with Crippen molar-refractivity contribution in [2.24, 2.45) is 0 Å². The van der Waals surface area contributed by atoms with Crippen LogP contribution in [0.1, 0.15) is 17.0 Å². The van der Waals surface area contributed by atoms with Crippen LogP contribution in [0.15, 0.2) is 24.3 Å². The van der Waals surface area contributed by atoms with E-state index in [1.807, 2.05) is 36.7 Å². The second-order valence-electron chi connectivity index (χ2n) is 3.80. The lowest BCUT2D eigenvalue weighted by Gasteiger charge is -2.07. The highest BCUT2D eigenvalue weighted by molar-refractivity contribution is 6.42. The predicted octanol–water partition coefficient (Wildman–Crippen LogP) is 3.86. The topological polar surface area (TPSA) is 17.8 Å². The van der Waals surface area contributed by atoms with E-state index in [-0.39, 0.29) is 0 Å². The summed E-state index contributed by atoms with van der Waals surface area (Å²) < 4.78 is 1.92. The smallest absolute Gasteiger partial charge is 0.0677 e. The minimum atomic E-state index is 0.584. The van der Waals surface area contributed by atoms with Gasteiger partial charge in [0.1, 0.15) is 0 Å². The maximum atomic E-state index is 6.13. The normalized spacial score (nSPS) is 10.8. The van der Waals surface area contributed by atoms with Crippen LogP contribution in [0.5, 0.6) is 0 Å². The largest absolute Gasteiger partial charge is 0.265 e. The number of aryl methyl sites for hydroxylation is 2. The van der Waals surface area contributed by atoms with Gasteiger partial charge in [0.05, 0.1) is 22.3 Å². The minimum absolute atomic E-state index is 0.584. The highest BCUT2D eigenvalue weighted by Crippen LogP contribution is 2.26. The Balaban J connectivity index is 2.34. The summed E-state index contributed by atoms with van der Waals surface area (Å²) in [4.78, 5) is 0. The van der Waals surface area contributed by atoms with Gasteiger partial charge in [-0.2, -0.15) is 5.10 Å². The second kappa shape index (κ2) is 4.48. The van der Waals surface area contributed by atoms with E-state index in [9.17, 15) is 0 Å². The van der Waals surface area contributed by atoms with E-state index in [2.05, 4.69) is 5.10 Å². The molecule has 1 aromatic carbocycles. The Morgan fingerprint density at radius 3 is 2.62 bits per heavy atom. The molecule has 2 rings (SSSR count). The third-order valence-electron chi connectivity index (χ3n) is 2.46. The summed E-state index contributed by atoms with van der Waals surface area (Å²) in [6, 6.07) is 7.69. The molecule has 0 spiro atoms. The molecule has 2 aromatic rings. The molecule has 1 aromatic heterocycles. The minimum Gasteiger partial charge on any atom is -0.265 e. The summed E-state index contributed by atoms with van der Waals surface area (Å²) in [6.07, 6.45) is 0. The SMILES string of the molecule is Cc1cc(C)n(Cc2cccc(Cl)c2Cl)n1. The lowest BCUT2D eigenvalue weighted by Crippen LogP contribution is -2.04. The van der Waals surface area contributed by atoms with Crippen LogP contribution in [-0.4, -0.2) is 9.78 Å². The summed E-state index contributed by atoms with van der Waals surface area (Å²) in [7, 11) is 0. The van der Waals surface area contributed by atoms with Crippen molar-refractivity contribution < 1.29 is 0 Å². The molecule has 1 heterocycles. The van der Waals surface area contributed by atoms with Gasteiger partial charge in [-0.05, 0) is 31.5 Å². The molecular formula is C12H12Cl2N2. The van der Waals surface area contributed by atoms with Crippen molar-refractivity contribution in [3.05, 3.63) is 51.3 Å². The molecule has 84 valence electrons. The number of rotatable bonds is 2. The first-order valence-corrected chi connectivity index (χ1v) is 5.77. The highest BCUT2D eigenvalue weighted by Gasteiger charge is 2.07. The van der Waals surface area contributed by atoms with Crippen LogP contribution in [0.3, 0.4) is 0 Å². The molecule has 0 N–H and O–H groups in total. The van der Waals surface area contributed by atoms with Crippen LogP contribution in [-0.2, 0) is 6.54 Å². The Morgan fingerprint density at radius 2 is 2.00 bits per heavy atom. The van der Waals surface area contributed by atoms with Gasteiger partial charge in [0.2, 0.25) is 0 Å². The van der Waals surface area contributed by atoms with Crippen molar-refractivity contribution >= 4 is 23.2 Å². The third kappa shape index (κ3) is 2.23. The highest BCUT2D eigenvalue weighted by atomic mass is 35.5. The number of nitrogens with zero attached hydrogens (tertiary/aromatic N) is 2. The fourth-order valence-corrected chi connectivity index (χ4v) is 2.05. The zero-order chi connectivity index (χ0) is 11.7. The molecule has 0 fully saturated rings. The lowest BCUT2D eigenvalue weighted by molar-refractivity contribution is 0.659. The van der Waals surface area contributed by atoms with Crippen LogP contribution < -0.4 is 0 Å². The molecule has 0 unspecified atom stereocenters. The summed E-state index contributed by atoms with van der Waals surface area (Å²) in [5.74, 6) is 0. The summed E-state index contributed by atoms with van der Waals surface area (Å²) in [5.41, 5.74) is 3.12. The van der Waals surface area contributed by atoms with E-state index in [0.717, 1.165) is 17.0 Å². The maximum absolute atomic E-state index is 6.13. The Bertz CT molecular complexity index is 518. The van der Waals surface area contributed by atoms with Crippen molar-refractivity contribution in [3.8, 4) is 0 Å². The number of hydrogen-bond acceptors (Lipinski definition) is 1. The van der Waals surface area contributed by atoms with Gasteiger partial charge in [0, 0.05) is 5.69 Å². The number of halogens is 2. The van der Waals surface area contributed by atoms with Gasteiger partial charge in [0.25, 0.3) is 0 Å². The van der Waals surface area contributed by atoms with E-state index in [1.54, 1.807) is 6.07 Å². The first-order valence-electron chi connectivity index (χ1n) is 5.02. The van der Waals surface area contributed by atoms with Crippen molar-refractivity contribution in [1.82, 2.24) is 9.78 Å². The monoisotopic (exact) mass is 254 g/mol. The second-order valence-corrected chi connectivity index (χ2v) is 4.58. The molecule has 0 saturated carbocycles. The molecule has 2 nitrogen and oxygen atoms in total. The predicted molar refractivity (Wildman–Crippen MR) is 67.3 cm³/mol. The summed E-state index contributed by atoms with van der Waals surface area (Å²) in [6.45, 7) is 4.65. The molecule has 0 atom stereocenters. The first-order chi connectivity index (χ1) is 7.58. The Kier molecular flexibility index (Phi) is 3.22. The van der Waals surface area contributed by atoms with Gasteiger partial charge in [-0.3, -0.25) is 4.68 Å². The first kappa shape index (κ1) is 11.5. The van der Waals surface area contributed by atoms with E-state index in [1.165, 1.54) is 0 Å². The van der Waals surface area contributed by atoms with Gasteiger partial charge in [0.15, 0.2) is 0 Å². The van der Waals surface area contributed by atoms with Gasteiger partial charge < -0.3 is 0 Å². The van der Waals surface area contributed by atoms with Crippen LogP contribution >= 0.6 is 23.2 Å². The molecule has 0 aliphatic carbocycles. The molecule has 16 heavy (non-hydrogen) atoms. The van der Waals surface area contributed by atoms with Gasteiger partial charge >= 0.3 is 0 Å². The van der Waals surface area contributed by atoms with Gasteiger partial charge in [-0.25, -0.2) is 0 Å². The fraction of sp³-hybridized carbons (Fsp3) is 0.250. The lowest BCUT2D eigenvalue weighted by atomic mass is 10.2. The van der Waals surface area contributed by atoms with Crippen LogP contribution in [0.2, 0.25) is 10.0 Å². The summed E-state index contributed by atoms with van der Waals surface area (Å²) in [5, 5.41) is 5.58. The molecular weight excluding hydrogens is 243 g/mol. The van der Waals surface area contributed by atoms with Crippen molar-refractivity contribution in [1.29, 1.82) is 0 Å². The van der Waals surface area contributed by atoms with Gasteiger partial charge in [-0.15, -0.1) is 0 Å². The van der Waals surface area contributed by atoms with Crippen LogP contribution in [0.25, 0.3) is 0 Å². The maximum Gasteiger partial charge on any atom is 0.0677 e. The molecule has 4 heteroatoms. The Morgan fingerprint density at radius 1 is 1.25 bits per heavy atom. The third-order valence-corrected chi connectivity index (χ3v) is 3.31. The molecule has 0 radical (unpaired) electrons. The van der Waals surface area contributed by atoms with E-state index in [4.69, 9.17) is 23.2 Å².